The van der Waals surface area contributed by atoms with Gasteiger partial charge >= 0.3 is 12.4 Å². The third-order valence-corrected chi connectivity index (χ3v) is 1.96. The number of alkyl halides is 6. The Morgan fingerprint density at radius 1 is 0.938 bits per heavy atom. The van der Waals surface area contributed by atoms with E-state index in [1.165, 1.54) is 0 Å². The molecule has 16 heavy (non-hydrogen) atoms. The monoisotopic (exact) mass is 243 g/mol. The Morgan fingerprint density at radius 3 is 1.88 bits per heavy atom. The van der Waals surface area contributed by atoms with Gasteiger partial charge in [0.2, 0.25) is 0 Å². The molecule has 0 atom stereocenters. The van der Waals surface area contributed by atoms with Gasteiger partial charge in [0.15, 0.2) is 0 Å². The molecule has 90 valence electrons. The summed E-state index contributed by atoms with van der Waals surface area (Å²) in [6.45, 7) is -0.598. The summed E-state index contributed by atoms with van der Waals surface area (Å²) in [5.74, 6) is 0. The standard InChI is InChI=1S/C9H7F6N/c10-8(11,12)6-1-2-7(9(13,14)15)5(3-6)4-16/h1-3H,4,16H2. The molecule has 0 aromatic heterocycles. The smallest absolute Gasteiger partial charge is 0.326 e. The third kappa shape index (κ3) is 2.66. The first-order valence-corrected chi connectivity index (χ1v) is 4.13. The zero-order valence-corrected chi connectivity index (χ0v) is 7.78. The SMILES string of the molecule is NCc1cc(C(F)(F)F)ccc1C(F)(F)F. The van der Waals surface area contributed by atoms with Crippen molar-refractivity contribution in [1.82, 2.24) is 0 Å². The molecule has 1 aromatic rings. The van der Waals surface area contributed by atoms with E-state index in [2.05, 4.69) is 0 Å². The van der Waals surface area contributed by atoms with E-state index in [1.54, 1.807) is 0 Å². The Hall–Kier alpha value is -1.24. The number of halogens is 6. The van der Waals surface area contributed by atoms with Crippen LogP contribution in [0.2, 0.25) is 0 Å². The Kier molecular flexibility index (Phi) is 3.18. The minimum atomic E-state index is -4.70. The zero-order chi connectivity index (χ0) is 12.6. The van der Waals surface area contributed by atoms with E-state index in [4.69, 9.17) is 5.73 Å². The van der Waals surface area contributed by atoms with Gasteiger partial charge in [0, 0.05) is 6.54 Å². The second-order valence-corrected chi connectivity index (χ2v) is 3.07. The lowest BCUT2D eigenvalue weighted by Gasteiger charge is -2.14. The molecule has 0 unspecified atom stereocenters. The lowest BCUT2D eigenvalue weighted by Crippen LogP contribution is -2.14. The zero-order valence-electron chi connectivity index (χ0n) is 7.78. The van der Waals surface area contributed by atoms with Gasteiger partial charge in [-0.15, -0.1) is 0 Å². The normalized spacial score (nSPS) is 12.9. The maximum absolute atomic E-state index is 12.3. The van der Waals surface area contributed by atoms with E-state index in [1.807, 2.05) is 0 Å². The summed E-state index contributed by atoms with van der Waals surface area (Å²) in [5, 5.41) is 0. The molecular weight excluding hydrogens is 236 g/mol. The lowest BCUT2D eigenvalue weighted by molar-refractivity contribution is -0.141. The molecule has 1 rings (SSSR count). The fourth-order valence-electron chi connectivity index (χ4n) is 1.22. The van der Waals surface area contributed by atoms with Crippen LogP contribution < -0.4 is 5.73 Å². The second kappa shape index (κ2) is 3.97. The van der Waals surface area contributed by atoms with Crippen molar-refractivity contribution < 1.29 is 26.3 Å². The summed E-state index contributed by atoms with van der Waals surface area (Å²) < 4.78 is 73.6. The lowest BCUT2D eigenvalue weighted by atomic mass is 10.0. The van der Waals surface area contributed by atoms with E-state index in [0.717, 1.165) is 0 Å². The molecule has 2 N–H and O–H groups in total. The highest BCUT2D eigenvalue weighted by Gasteiger charge is 2.36. The molecule has 0 radical (unpaired) electrons. The Bertz CT molecular complexity index is 379. The second-order valence-electron chi connectivity index (χ2n) is 3.07. The van der Waals surface area contributed by atoms with E-state index in [9.17, 15) is 26.3 Å². The predicted octanol–water partition coefficient (Wildman–Crippen LogP) is 3.18. The highest BCUT2D eigenvalue weighted by atomic mass is 19.4. The minimum Gasteiger partial charge on any atom is -0.326 e. The van der Waals surface area contributed by atoms with Gasteiger partial charge in [-0.1, -0.05) is 0 Å². The molecular formula is C9H7F6N. The predicted molar refractivity (Wildman–Crippen MR) is 44.3 cm³/mol. The average Bonchev–Trinajstić information content (AvgIpc) is 2.14. The first kappa shape index (κ1) is 12.8. The van der Waals surface area contributed by atoms with Crippen LogP contribution in [-0.4, -0.2) is 0 Å². The highest BCUT2D eigenvalue weighted by molar-refractivity contribution is 5.35. The molecule has 1 nitrogen and oxygen atoms in total. The van der Waals surface area contributed by atoms with Crippen molar-refractivity contribution in [3.05, 3.63) is 34.9 Å². The highest BCUT2D eigenvalue weighted by Crippen LogP contribution is 2.36. The molecule has 0 saturated heterocycles. The summed E-state index contributed by atoms with van der Waals surface area (Å²) in [5.41, 5.74) is 2.15. The minimum absolute atomic E-state index is 0.391. The molecule has 0 spiro atoms. The van der Waals surface area contributed by atoms with Gasteiger partial charge in [-0.2, -0.15) is 26.3 Å². The molecule has 0 aliphatic rings. The third-order valence-electron chi connectivity index (χ3n) is 1.96. The topological polar surface area (TPSA) is 26.0 Å². The van der Waals surface area contributed by atoms with Gasteiger partial charge in [-0.05, 0) is 23.8 Å². The first-order valence-electron chi connectivity index (χ1n) is 4.13. The number of nitrogens with two attached hydrogens (primary N) is 1. The summed E-state index contributed by atoms with van der Waals surface area (Å²) in [6.07, 6.45) is -9.37. The fourth-order valence-corrected chi connectivity index (χ4v) is 1.22. The van der Waals surface area contributed by atoms with Crippen LogP contribution in [0.25, 0.3) is 0 Å². The van der Waals surface area contributed by atoms with Crippen molar-refractivity contribution in [2.75, 3.05) is 0 Å². The van der Waals surface area contributed by atoms with Crippen LogP contribution in [0.5, 0.6) is 0 Å². The van der Waals surface area contributed by atoms with E-state index in [0.29, 0.717) is 18.2 Å². The molecule has 0 fully saturated rings. The van der Waals surface area contributed by atoms with Gasteiger partial charge in [-0.3, -0.25) is 0 Å². The summed E-state index contributed by atoms with van der Waals surface area (Å²) in [7, 11) is 0. The number of hydrogen-bond acceptors (Lipinski definition) is 1. The summed E-state index contributed by atoms with van der Waals surface area (Å²) in [6, 6.07) is 1.20. The molecule has 0 saturated carbocycles. The maximum Gasteiger partial charge on any atom is 0.416 e. The van der Waals surface area contributed by atoms with E-state index in [-0.39, 0.29) is 0 Å². The number of rotatable bonds is 1. The van der Waals surface area contributed by atoms with Crippen molar-refractivity contribution in [2.45, 2.75) is 18.9 Å². The fraction of sp³-hybridized carbons (Fsp3) is 0.333. The summed E-state index contributed by atoms with van der Waals surface area (Å²) in [4.78, 5) is 0. The van der Waals surface area contributed by atoms with Crippen LogP contribution in [0, 0.1) is 0 Å². The van der Waals surface area contributed by atoms with Crippen LogP contribution in [-0.2, 0) is 18.9 Å². The molecule has 0 aliphatic heterocycles. The Morgan fingerprint density at radius 2 is 1.50 bits per heavy atom. The Labute approximate surface area is 86.9 Å². The maximum atomic E-state index is 12.3. The average molecular weight is 243 g/mol. The van der Waals surface area contributed by atoms with Crippen molar-refractivity contribution in [3.8, 4) is 0 Å². The largest absolute Gasteiger partial charge is 0.416 e. The molecule has 7 heteroatoms. The van der Waals surface area contributed by atoms with Gasteiger partial charge in [-0.25, -0.2) is 0 Å². The first-order chi connectivity index (χ1) is 7.16. The van der Waals surface area contributed by atoms with Gasteiger partial charge in [0.05, 0.1) is 11.1 Å². The summed E-state index contributed by atoms with van der Waals surface area (Å²) >= 11 is 0. The molecule has 0 aliphatic carbocycles. The number of benzene rings is 1. The van der Waals surface area contributed by atoms with E-state index >= 15 is 0 Å². The van der Waals surface area contributed by atoms with Crippen LogP contribution >= 0.6 is 0 Å². The van der Waals surface area contributed by atoms with Crippen molar-refractivity contribution in [3.63, 3.8) is 0 Å². The van der Waals surface area contributed by atoms with Crippen molar-refractivity contribution in [2.24, 2.45) is 5.73 Å². The van der Waals surface area contributed by atoms with Gasteiger partial charge in [0.1, 0.15) is 0 Å². The van der Waals surface area contributed by atoms with Crippen LogP contribution in [0.4, 0.5) is 26.3 Å². The van der Waals surface area contributed by atoms with Crippen molar-refractivity contribution >= 4 is 0 Å². The molecule has 1 aromatic carbocycles. The molecule has 0 heterocycles. The van der Waals surface area contributed by atoms with Crippen LogP contribution in [0.15, 0.2) is 18.2 Å². The van der Waals surface area contributed by atoms with Crippen molar-refractivity contribution in [1.29, 1.82) is 0 Å². The van der Waals surface area contributed by atoms with Crippen LogP contribution in [0.1, 0.15) is 16.7 Å². The molecule has 0 bridgehead atoms. The molecule has 0 amide bonds. The van der Waals surface area contributed by atoms with Gasteiger partial charge in [0.25, 0.3) is 0 Å². The Balaban J connectivity index is 3.28. The van der Waals surface area contributed by atoms with Crippen LogP contribution in [0.3, 0.4) is 0 Å². The quantitative estimate of drug-likeness (QED) is 0.753. The van der Waals surface area contributed by atoms with E-state index < -0.39 is 35.6 Å². The number of hydrogen-bond donors (Lipinski definition) is 1. The van der Waals surface area contributed by atoms with Gasteiger partial charge < -0.3 is 5.73 Å².